The molecule has 1 N–H and O–H groups in total. The van der Waals surface area contributed by atoms with Crippen molar-refractivity contribution in [3.63, 3.8) is 0 Å². The number of hydrogen-bond acceptors (Lipinski definition) is 6. The molecule has 0 aromatic heterocycles. The van der Waals surface area contributed by atoms with Crippen molar-refractivity contribution in [3.8, 4) is 5.75 Å². The average Bonchev–Trinajstić information content (AvgIpc) is 3.01. The number of rotatable bonds is 5. The van der Waals surface area contributed by atoms with E-state index < -0.39 is 17.7 Å². The van der Waals surface area contributed by atoms with Crippen LogP contribution in [0, 0.1) is 23.7 Å². The minimum absolute atomic E-state index is 0.0284. The largest absolute Gasteiger partial charge is 0.497 e. The molecule has 4 heterocycles. The van der Waals surface area contributed by atoms with Crippen LogP contribution >= 0.6 is 0 Å². The number of carbonyl (C=O) groups is 1. The summed E-state index contributed by atoms with van der Waals surface area (Å²) in [4.78, 5) is 24.7. The molecule has 1 spiro atoms. The molecule has 176 valence electrons. The lowest BCUT2D eigenvalue weighted by Gasteiger charge is -2.60. The first kappa shape index (κ1) is 22.1. The fourth-order valence-corrected chi connectivity index (χ4v) is 6.51. The van der Waals surface area contributed by atoms with E-state index in [0.29, 0.717) is 24.7 Å². The molecule has 1 aromatic carbocycles. The zero-order chi connectivity index (χ0) is 22.5. The SMILES string of the molecule is COc1cccc(NC(=O)CC[C@H]2O[C@@H]3O[C@]4(C)CC[C@H]5[C@H](C)CC[C@@H]([C@H]2C)[C@@]35OO4)c1. The number of carbonyl (C=O) groups excluding carboxylic acids is 1. The number of nitrogens with one attached hydrogen (secondary N) is 1. The van der Waals surface area contributed by atoms with E-state index in [1.165, 1.54) is 6.42 Å². The predicted molar refractivity (Wildman–Crippen MR) is 118 cm³/mol. The van der Waals surface area contributed by atoms with Gasteiger partial charge in [-0.1, -0.05) is 19.9 Å². The molecular weight excluding hydrogens is 410 g/mol. The first-order valence-corrected chi connectivity index (χ1v) is 12.0. The van der Waals surface area contributed by atoms with Gasteiger partial charge in [0.2, 0.25) is 11.7 Å². The van der Waals surface area contributed by atoms with Gasteiger partial charge in [-0.3, -0.25) is 4.79 Å². The lowest BCUT2D eigenvalue weighted by Crippen LogP contribution is -2.70. The highest BCUT2D eigenvalue weighted by Crippen LogP contribution is 2.60. The normalized spacial score (nSPS) is 42.6. The van der Waals surface area contributed by atoms with Gasteiger partial charge >= 0.3 is 0 Å². The minimum Gasteiger partial charge on any atom is -0.497 e. The molecule has 2 bridgehead atoms. The van der Waals surface area contributed by atoms with Crippen LogP contribution in [0.4, 0.5) is 5.69 Å². The van der Waals surface area contributed by atoms with Crippen molar-refractivity contribution in [1.29, 1.82) is 0 Å². The fraction of sp³-hybridized carbons (Fsp3) is 0.720. The third-order valence-corrected chi connectivity index (χ3v) is 8.30. The second kappa shape index (κ2) is 8.28. The van der Waals surface area contributed by atoms with Crippen LogP contribution in [0.2, 0.25) is 0 Å². The van der Waals surface area contributed by atoms with Gasteiger partial charge in [0.1, 0.15) is 5.75 Å². The van der Waals surface area contributed by atoms with E-state index in [2.05, 4.69) is 19.2 Å². The molecule has 1 aliphatic carbocycles. The third-order valence-electron chi connectivity index (χ3n) is 8.30. The Labute approximate surface area is 190 Å². The average molecular weight is 446 g/mol. The Morgan fingerprint density at radius 1 is 1.19 bits per heavy atom. The Morgan fingerprint density at radius 3 is 2.84 bits per heavy atom. The summed E-state index contributed by atoms with van der Waals surface area (Å²) in [6, 6.07) is 7.40. The van der Waals surface area contributed by atoms with Gasteiger partial charge in [0.05, 0.1) is 13.2 Å². The molecule has 5 fully saturated rings. The van der Waals surface area contributed by atoms with Crippen LogP contribution in [0.5, 0.6) is 5.75 Å². The zero-order valence-electron chi connectivity index (χ0n) is 19.5. The Balaban J connectivity index is 1.29. The van der Waals surface area contributed by atoms with Gasteiger partial charge in [0.15, 0.2) is 11.9 Å². The van der Waals surface area contributed by atoms with Crippen LogP contribution in [0.25, 0.3) is 0 Å². The van der Waals surface area contributed by atoms with Gasteiger partial charge in [-0.25, -0.2) is 9.78 Å². The van der Waals surface area contributed by atoms with Gasteiger partial charge in [-0.15, -0.1) is 0 Å². The lowest BCUT2D eigenvalue weighted by molar-refractivity contribution is -0.571. The van der Waals surface area contributed by atoms with Crippen LogP contribution < -0.4 is 10.1 Å². The highest BCUT2D eigenvalue weighted by molar-refractivity contribution is 5.90. The van der Waals surface area contributed by atoms with Crippen LogP contribution in [-0.2, 0) is 24.0 Å². The summed E-state index contributed by atoms with van der Waals surface area (Å²) in [5.74, 6) is 1.36. The topological polar surface area (TPSA) is 75.3 Å². The molecular formula is C25H35NO6. The smallest absolute Gasteiger partial charge is 0.224 e. The fourth-order valence-electron chi connectivity index (χ4n) is 6.51. The molecule has 32 heavy (non-hydrogen) atoms. The first-order chi connectivity index (χ1) is 15.3. The van der Waals surface area contributed by atoms with E-state index in [0.717, 1.165) is 30.7 Å². The van der Waals surface area contributed by atoms with E-state index in [-0.39, 0.29) is 23.8 Å². The van der Waals surface area contributed by atoms with Crippen LogP contribution in [0.15, 0.2) is 24.3 Å². The Morgan fingerprint density at radius 2 is 2.03 bits per heavy atom. The maximum atomic E-state index is 12.7. The number of methoxy groups -OCH3 is 1. The zero-order valence-corrected chi connectivity index (χ0v) is 19.5. The molecule has 1 aromatic rings. The van der Waals surface area contributed by atoms with Gasteiger partial charge in [-0.05, 0) is 62.5 Å². The highest BCUT2D eigenvalue weighted by Gasteiger charge is 2.69. The monoisotopic (exact) mass is 445 g/mol. The molecule has 7 heteroatoms. The highest BCUT2D eigenvalue weighted by atomic mass is 17.3. The second-order valence-corrected chi connectivity index (χ2v) is 10.3. The standard InChI is InChI=1S/C25H35NO6/c1-15-8-9-20-16(2)21(10-11-22(27)26-17-6-5-7-18(14-17)28-4)29-23-25(20)19(15)12-13-24(3,30-23)31-32-25/h5-7,14-16,19-21,23H,8-13H2,1-4H3,(H,26,27)/t15-,16-,19+,20+,21-,23-,24+,25-/m1/s1. The van der Waals surface area contributed by atoms with E-state index in [1.807, 2.05) is 31.2 Å². The maximum absolute atomic E-state index is 12.7. The first-order valence-electron chi connectivity index (χ1n) is 12.0. The van der Waals surface area contributed by atoms with Crippen molar-refractivity contribution in [2.24, 2.45) is 23.7 Å². The quantitative estimate of drug-likeness (QED) is 0.664. The molecule has 7 nitrogen and oxygen atoms in total. The summed E-state index contributed by atoms with van der Waals surface area (Å²) < 4.78 is 18.2. The van der Waals surface area contributed by atoms with Crippen molar-refractivity contribution >= 4 is 11.6 Å². The second-order valence-electron chi connectivity index (χ2n) is 10.3. The number of amides is 1. The summed E-state index contributed by atoms with van der Waals surface area (Å²) >= 11 is 0. The van der Waals surface area contributed by atoms with Crippen molar-refractivity contribution in [1.82, 2.24) is 0 Å². The van der Waals surface area contributed by atoms with E-state index in [1.54, 1.807) is 7.11 Å². The van der Waals surface area contributed by atoms with E-state index in [4.69, 9.17) is 24.0 Å². The van der Waals surface area contributed by atoms with Crippen LogP contribution in [0.1, 0.15) is 59.3 Å². The number of ether oxygens (including phenoxy) is 3. The molecule has 5 aliphatic rings. The molecule has 0 unspecified atom stereocenters. The number of hydrogen-bond donors (Lipinski definition) is 1. The number of fused-ring (bicyclic) bond motifs is 2. The molecule has 4 aliphatic heterocycles. The van der Waals surface area contributed by atoms with Crippen LogP contribution in [0.3, 0.4) is 0 Å². The third kappa shape index (κ3) is 3.63. The van der Waals surface area contributed by atoms with Crippen LogP contribution in [-0.4, -0.2) is 36.8 Å². The molecule has 6 rings (SSSR count). The molecule has 1 amide bonds. The minimum atomic E-state index is -0.771. The summed E-state index contributed by atoms with van der Waals surface area (Å²) in [6.45, 7) is 6.49. The molecule has 0 radical (unpaired) electrons. The van der Waals surface area contributed by atoms with E-state index in [9.17, 15) is 4.79 Å². The van der Waals surface area contributed by atoms with Crippen molar-refractivity contribution in [3.05, 3.63) is 24.3 Å². The van der Waals surface area contributed by atoms with Crippen molar-refractivity contribution in [2.45, 2.75) is 83.1 Å². The summed E-state index contributed by atoms with van der Waals surface area (Å²) in [7, 11) is 1.61. The van der Waals surface area contributed by atoms with Crippen molar-refractivity contribution < 1.29 is 28.8 Å². The van der Waals surface area contributed by atoms with Crippen molar-refractivity contribution in [2.75, 3.05) is 12.4 Å². The molecule has 4 saturated heterocycles. The summed E-state index contributed by atoms with van der Waals surface area (Å²) in [5, 5.41) is 2.97. The van der Waals surface area contributed by atoms with Gasteiger partial charge in [0, 0.05) is 30.5 Å². The number of benzene rings is 1. The lowest BCUT2D eigenvalue weighted by atomic mass is 9.57. The Kier molecular flexibility index (Phi) is 5.73. The Bertz CT molecular complexity index is 863. The summed E-state index contributed by atoms with van der Waals surface area (Å²) in [5.41, 5.74) is 0.185. The van der Waals surface area contributed by atoms with Gasteiger partial charge < -0.3 is 19.5 Å². The van der Waals surface area contributed by atoms with Gasteiger partial charge in [-0.2, -0.15) is 0 Å². The Hall–Kier alpha value is -1.67. The molecule has 1 saturated carbocycles. The van der Waals surface area contributed by atoms with Gasteiger partial charge in [0.25, 0.3) is 0 Å². The van der Waals surface area contributed by atoms with E-state index >= 15 is 0 Å². The molecule has 8 atom stereocenters. The number of anilines is 1. The maximum Gasteiger partial charge on any atom is 0.224 e. The predicted octanol–water partition coefficient (Wildman–Crippen LogP) is 4.66. The summed E-state index contributed by atoms with van der Waals surface area (Å²) in [6.07, 6.45) is 4.57.